The van der Waals surface area contributed by atoms with Crippen LogP contribution in [0.5, 0.6) is 0 Å². The molecule has 8 heteroatoms. The Balaban J connectivity index is 1.84. The van der Waals surface area contributed by atoms with Crippen LogP contribution < -0.4 is 10.6 Å². The molecule has 2 rings (SSSR count). The highest BCUT2D eigenvalue weighted by atomic mass is 35.5. The summed E-state index contributed by atoms with van der Waals surface area (Å²) in [6, 6.07) is 8.88. The first-order chi connectivity index (χ1) is 13.2. The Bertz CT molecular complexity index is 917. The number of aryl methyl sites for hydroxylation is 2. The fourth-order valence-corrected chi connectivity index (χ4v) is 2.43. The van der Waals surface area contributed by atoms with E-state index in [1.165, 1.54) is 19.1 Å². The van der Waals surface area contributed by atoms with Gasteiger partial charge in [-0.05, 0) is 62.2 Å². The Hall–Kier alpha value is -2.93. The summed E-state index contributed by atoms with van der Waals surface area (Å²) in [6.45, 7) is 4.81. The standard InChI is InChI=1S/C20H20ClFN2O4/c1-11-4-5-14(8-12(11)2)20(27)23-10-18(25)28-13(3)19(26)24-15-6-7-17(22)16(21)9-15/h4-9,13H,10H2,1-3H3,(H,23,27)(H,24,26)/t13-/m1/s1. The third-order valence-electron chi connectivity index (χ3n) is 4.03. The second-order valence-electron chi connectivity index (χ2n) is 6.23. The van der Waals surface area contributed by atoms with Gasteiger partial charge in [0.25, 0.3) is 11.8 Å². The molecule has 0 saturated heterocycles. The minimum absolute atomic E-state index is 0.142. The Morgan fingerprint density at radius 2 is 1.82 bits per heavy atom. The lowest BCUT2D eigenvalue weighted by molar-refractivity contribution is -0.152. The molecule has 0 aliphatic heterocycles. The van der Waals surface area contributed by atoms with Crippen molar-refractivity contribution in [2.45, 2.75) is 26.9 Å². The van der Waals surface area contributed by atoms with E-state index in [1.54, 1.807) is 12.1 Å². The predicted molar refractivity (Wildman–Crippen MR) is 104 cm³/mol. The molecule has 2 amide bonds. The highest BCUT2D eigenvalue weighted by molar-refractivity contribution is 6.31. The summed E-state index contributed by atoms with van der Waals surface area (Å²) in [6.07, 6.45) is -1.12. The highest BCUT2D eigenvalue weighted by Crippen LogP contribution is 2.19. The van der Waals surface area contributed by atoms with Crippen molar-refractivity contribution in [3.63, 3.8) is 0 Å². The second kappa shape index (κ2) is 9.32. The zero-order valence-electron chi connectivity index (χ0n) is 15.6. The van der Waals surface area contributed by atoms with Crippen LogP contribution in [-0.4, -0.2) is 30.4 Å². The largest absolute Gasteiger partial charge is 0.451 e. The van der Waals surface area contributed by atoms with Gasteiger partial charge >= 0.3 is 5.97 Å². The monoisotopic (exact) mass is 406 g/mol. The molecule has 28 heavy (non-hydrogen) atoms. The molecule has 2 aromatic carbocycles. The minimum atomic E-state index is -1.12. The number of halogens is 2. The van der Waals surface area contributed by atoms with Gasteiger partial charge in [0.1, 0.15) is 12.4 Å². The molecule has 0 bridgehead atoms. The number of ether oxygens (including phenoxy) is 1. The van der Waals surface area contributed by atoms with E-state index in [4.69, 9.17) is 16.3 Å². The predicted octanol–water partition coefficient (Wildman–Crippen LogP) is 3.40. The van der Waals surface area contributed by atoms with Gasteiger partial charge in [0, 0.05) is 11.3 Å². The molecule has 0 aliphatic rings. The van der Waals surface area contributed by atoms with Crippen molar-refractivity contribution in [1.82, 2.24) is 5.32 Å². The van der Waals surface area contributed by atoms with Crippen LogP contribution in [0.4, 0.5) is 10.1 Å². The van der Waals surface area contributed by atoms with Gasteiger partial charge in [0.2, 0.25) is 0 Å². The van der Waals surface area contributed by atoms with E-state index in [1.807, 2.05) is 19.9 Å². The fourth-order valence-electron chi connectivity index (χ4n) is 2.25. The molecule has 0 aliphatic carbocycles. The van der Waals surface area contributed by atoms with Crippen LogP contribution in [0.15, 0.2) is 36.4 Å². The van der Waals surface area contributed by atoms with Gasteiger partial charge in [-0.25, -0.2) is 4.39 Å². The quantitative estimate of drug-likeness (QED) is 0.720. The maximum absolute atomic E-state index is 13.1. The summed E-state index contributed by atoms with van der Waals surface area (Å²) in [5.74, 6) is -2.41. The Kier molecular flexibility index (Phi) is 7.12. The van der Waals surface area contributed by atoms with Crippen molar-refractivity contribution in [1.29, 1.82) is 0 Å². The van der Waals surface area contributed by atoms with E-state index in [0.717, 1.165) is 17.2 Å². The van der Waals surface area contributed by atoms with Gasteiger partial charge in [-0.3, -0.25) is 14.4 Å². The van der Waals surface area contributed by atoms with Gasteiger partial charge in [0.05, 0.1) is 5.02 Å². The van der Waals surface area contributed by atoms with Crippen molar-refractivity contribution in [2.24, 2.45) is 0 Å². The summed E-state index contributed by atoms with van der Waals surface area (Å²) in [4.78, 5) is 36.0. The number of hydrogen-bond donors (Lipinski definition) is 2. The third kappa shape index (κ3) is 5.79. The zero-order valence-corrected chi connectivity index (χ0v) is 16.4. The lowest BCUT2D eigenvalue weighted by Crippen LogP contribution is -2.35. The van der Waals surface area contributed by atoms with Crippen LogP contribution >= 0.6 is 11.6 Å². The molecule has 0 aromatic heterocycles. The summed E-state index contributed by atoms with van der Waals surface area (Å²) in [5.41, 5.74) is 2.71. The molecular formula is C20H20ClFN2O4. The van der Waals surface area contributed by atoms with E-state index < -0.39 is 29.7 Å². The minimum Gasteiger partial charge on any atom is -0.451 e. The highest BCUT2D eigenvalue weighted by Gasteiger charge is 2.19. The normalized spacial score (nSPS) is 11.5. The molecule has 0 fully saturated rings. The molecule has 0 spiro atoms. The van der Waals surface area contributed by atoms with Gasteiger partial charge < -0.3 is 15.4 Å². The summed E-state index contributed by atoms with van der Waals surface area (Å²) >= 11 is 5.65. The van der Waals surface area contributed by atoms with Gasteiger partial charge in [0.15, 0.2) is 6.10 Å². The third-order valence-corrected chi connectivity index (χ3v) is 4.32. The molecule has 0 heterocycles. The van der Waals surface area contributed by atoms with E-state index in [0.29, 0.717) is 5.56 Å². The number of carbonyl (C=O) groups excluding carboxylic acids is 3. The Labute approximate surface area is 167 Å². The number of amides is 2. The summed E-state index contributed by atoms with van der Waals surface area (Å²) < 4.78 is 18.1. The second-order valence-corrected chi connectivity index (χ2v) is 6.64. The first kappa shape index (κ1) is 21.4. The number of hydrogen-bond acceptors (Lipinski definition) is 4. The van der Waals surface area contributed by atoms with E-state index >= 15 is 0 Å². The number of rotatable bonds is 6. The Morgan fingerprint density at radius 3 is 2.46 bits per heavy atom. The molecule has 1 atom stereocenters. The van der Waals surface area contributed by atoms with Crippen LogP contribution in [0.25, 0.3) is 0 Å². The summed E-state index contributed by atoms with van der Waals surface area (Å²) in [7, 11) is 0. The average molecular weight is 407 g/mol. The lowest BCUT2D eigenvalue weighted by Gasteiger charge is -2.14. The lowest BCUT2D eigenvalue weighted by atomic mass is 10.1. The van der Waals surface area contributed by atoms with Crippen molar-refractivity contribution in [3.8, 4) is 0 Å². The summed E-state index contributed by atoms with van der Waals surface area (Å²) in [5, 5.41) is 4.77. The molecule has 0 saturated carbocycles. The van der Waals surface area contributed by atoms with Crippen LogP contribution in [0.1, 0.15) is 28.4 Å². The van der Waals surface area contributed by atoms with E-state index in [9.17, 15) is 18.8 Å². The Morgan fingerprint density at radius 1 is 1.11 bits per heavy atom. The molecular weight excluding hydrogens is 387 g/mol. The maximum Gasteiger partial charge on any atom is 0.326 e. The van der Waals surface area contributed by atoms with Crippen LogP contribution in [0.3, 0.4) is 0 Å². The van der Waals surface area contributed by atoms with Gasteiger partial charge in [-0.2, -0.15) is 0 Å². The van der Waals surface area contributed by atoms with Crippen LogP contribution in [0.2, 0.25) is 5.02 Å². The molecule has 0 radical (unpaired) electrons. The van der Waals surface area contributed by atoms with Crippen molar-refractivity contribution >= 4 is 35.1 Å². The first-order valence-electron chi connectivity index (χ1n) is 8.48. The zero-order chi connectivity index (χ0) is 20.8. The SMILES string of the molecule is Cc1ccc(C(=O)NCC(=O)O[C@H](C)C(=O)Nc2ccc(F)c(Cl)c2)cc1C. The van der Waals surface area contributed by atoms with Crippen LogP contribution in [-0.2, 0) is 14.3 Å². The molecule has 0 unspecified atom stereocenters. The van der Waals surface area contributed by atoms with Crippen molar-refractivity contribution in [3.05, 3.63) is 63.9 Å². The fraction of sp³-hybridized carbons (Fsp3) is 0.250. The number of nitrogens with one attached hydrogen (secondary N) is 2. The van der Waals surface area contributed by atoms with Crippen molar-refractivity contribution < 1.29 is 23.5 Å². The van der Waals surface area contributed by atoms with Gasteiger partial charge in [-0.1, -0.05) is 17.7 Å². The smallest absolute Gasteiger partial charge is 0.326 e. The first-order valence-corrected chi connectivity index (χ1v) is 8.86. The molecule has 148 valence electrons. The van der Waals surface area contributed by atoms with Crippen molar-refractivity contribution in [2.75, 3.05) is 11.9 Å². The number of carbonyl (C=O) groups is 3. The number of anilines is 1. The molecule has 2 aromatic rings. The number of benzene rings is 2. The molecule has 6 nitrogen and oxygen atoms in total. The van der Waals surface area contributed by atoms with Gasteiger partial charge in [-0.15, -0.1) is 0 Å². The average Bonchev–Trinajstić information content (AvgIpc) is 2.64. The topological polar surface area (TPSA) is 84.5 Å². The number of esters is 1. The van der Waals surface area contributed by atoms with E-state index in [2.05, 4.69) is 10.6 Å². The van der Waals surface area contributed by atoms with Crippen LogP contribution in [0, 0.1) is 19.7 Å². The maximum atomic E-state index is 13.1. The van der Waals surface area contributed by atoms with E-state index in [-0.39, 0.29) is 17.3 Å². The molecule has 2 N–H and O–H groups in total.